The van der Waals surface area contributed by atoms with E-state index < -0.39 is 0 Å². The lowest BCUT2D eigenvalue weighted by molar-refractivity contribution is 0.660. The topological polar surface area (TPSA) is 19.0 Å². The van der Waals surface area contributed by atoms with Crippen molar-refractivity contribution in [3.05, 3.63) is 186 Å². The summed E-state index contributed by atoms with van der Waals surface area (Å²) in [4.78, 5) is 6.58. The van der Waals surface area contributed by atoms with E-state index >= 15 is 0 Å². The lowest BCUT2D eigenvalue weighted by Gasteiger charge is -2.36. The average Bonchev–Trinajstić information content (AvgIpc) is 3.98. The van der Waals surface area contributed by atoms with Crippen molar-refractivity contribution in [2.75, 3.05) is 4.90 Å². The average molecular weight is 808 g/mol. The van der Waals surface area contributed by atoms with Gasteiger partial charge in [-0.15, -0.1) is 11.3 Å². The Bertz CT molecular complexity index is 3810. The van der Waals surface area contributed by atoms with Gasteiger partial charge in [0.15, 0.2) is 7.28 Å². The van der Waals surface area contributed by atoms with E-state index in [1.54, 1.807) is 0 Å². The molecule has 2 aliphatic carbocycles. The molecule has 2 aromatic heterocycles. The Labute approximate surface area is 365 Å². The number of benzene rings is 9. The molecule has 0 atom stereocenters. The number of aromatic nitrogens is 1. The molecule has 62 heavy (non-hydrogen) atoms. The number of hydrogen-bond acceptors (Lipinski definition) is 2. The molecule has 2 nitrogen and oxygen atoms in total. The van der Waals surface area contributed by atoms with Crippen molar-refractivity contribution in [3.8, 4) is 33.4 Å². The van der Waals surface area contributed by atoms with Gasteiger partial charge in [-0.2, -0.15) is 0 Å². The first-order chi connectivity index (χ1) is 30.2. The molecular weight excluding hydrogens is 768 g/mol. The Kier molecular flexibility index (Phi) is 6.70. The van der Waals surface area contributed by atoms with Crippen LogP contribution < -0.4 is 15.8 Å². The minimum Gasteiger partial charge on any atom is -0.354 e. The second kappa shape index (κ2) is 11.9. The Morgan fingerprint density at radius 1 is 0.484 bits per heavy atom. The van der Waals surface area contributed by atoms with E-state index in [2.05, 4.69) is 209 Å². The zero-order valence-corrected chi connectivity index (χ0v) is 35.8. The summed E-state index contributed by atoms with van der Waals surface area (Å²) in [5, 5.41) is 7.60. The van der Waals surface area contributed by atoms with Crippen molar-refractivity contribution >= 4 is 99.4 Å². The molecule has 3 heterocycles. The molecule has 0 saturated heterocycles. The van der Waals surface area contributed by atoms with Crippen LogP contribution in [0.25, 0.3) is 86.1 Å². The molecule has 0 bridgehead atoms. The van der Waals surface area contributed by atoms with E-state index in [4.69, 9.17) is 0 Å². The summed E-state index contributed by atoms with van der Waals surface area (Å²) in [6, 6.07) is 62.1. The minimum absolute atomic E-state index is 0.0783. The summed E-state index contributed by atoms with van der Waals surface area (Å²) >= 11 is 1.92. The van der Waals surface area contributed by atoms with Crippen LogP contribution in [-0.4, -0.2) is 12.3 Å². The third-order valence-corrected chi connectivity index (χ3v) is 16.0. The number of nitrogens with zero attached hydrogens (tertiary/aromatic N) is 1. The number of para-hydroxylation sites is 1. The second-order valence-electron chi connectivity index (χ2n) is 18.8. The summed E-state index contributed by atoms with van der Waals surface area (Å²) in [7, 11) is 2.52. The fourth-order valence-corrected chi connectivity index (χ4v) is 13.0. The largest absolute Gasteiger partial charge is 0.354 e. The molecule has 1 N–H and O–H groups in total. The number of anilines is 3. The summed E-state index contributed by atoms with van der Waals surface area (Å²) < 4.78 is 2.62. The van der Waals surface area contributed by atoms with Crippen LogP contribution in [0.2, 0.25) is 0 Å². The number of hydrogen-bond donors (Lipinski definition) is 1. The highest BCUT2D eigenvalue weighted by Gasteiger charge is 2.40. The second-order valence-corrected chi connectivity index (χ2v) is 19.8. The molecule has 0 saturated carbocycles. The van der Waals surface area contributed by atoms with Crippen molar-refractivity contribution in [2.24, 2.45) is 0 Å². The third kappa shape index (κ3) is 4.45. The van der Waals surface area contributed by atoms with Crippen LogP contribution in [0, 0.1) is 0 Å². The Hall–Kier alpha value is -6.88. The number of fused-ring (bicyclic) bond motifs is 15. The number of thiophene rings is 1. The smallest absolute Gasteiger partial charge is 0.197 e. The molecule has 11 aromatic rings. The maximum atomic E-state index is 3.98. The molecule has 14 rings (SSSR count). The minimum atomic E-state index is -0.124. The molecule has 1 aliphatic heterocycles. The molecule has 3 aliphatic rings. The Morgan fingerprint density at radius 2 is 1.13 bits per heavy atom. The molecule has 291 valence electrons. The van der Waals surface area contributed by atoms with E-state index in [0.29, 0.717) is 0 Å². The van der Waals surface area contributed by atoms with Gasteiger partial charge in [-0.05, 0) is 109 Å². The summed E-state index contributed by atoms with van der Waals surface area (Å²) in [6.45, 7) is 9.53. The molecular formula is C58H40BN2S. The highest BCUT2D eigenvalue weighted by molar-refractivity contribution is 7.26. The monoisotopic (exact) mass is 807 g/mol. The predicted octanol–water partition coefficient (Wildman–Crippen LogP) is 14.6. The summed E-state index contributed by atoms with van der Waals surface area (Å²) in [5.41, 5.74) is 21.6. The van der Waals surface area contributed by atoms with Crippen LogP contribution in [0.5, 0.6) is 0 Å². The maximum Gasteiger partial charge on any atom is 0.197 e. The fraction of sp³-hybridized carbons (Fsp3) is 0.103. The molecule has 1 radical (unpaired) electrons. The number of rotatable bonds is 2. The van der Waals surface area contributed by atoms with Crippen LogP contribution in [0.4, 0.5) is 17.1 Å². The molecule has 4 heteroatoms. The first-order valence-electron chi connectivity index (χ1n) is 21.8. The van der Waals surface area contributed by atoms with Crippen molar-refractivity contribution < 1.29 is 0 Å². The van der Waals surface area contributed by atoms with E-state index in [1.807, 2.05) is 11.3 Å². The standard InChI is InChI=1S/C58H40BN2S/c1-57(2)44-21-10-7-16-35(44)40-28-34(24-25-46(40)57)61-50-29-41-36-17-8-11-22-45(36)58(3,4)47(41)31-48(50)59-54-51(61)30-43-37-18-9-12-23-52(37)62-56(43)53(54)39-20-13-19-38-42-26-32-14-5-6-15-33(32)27-49(42)60-55(38)39/h5-31,60H,1-4H3. The van der Waals surface area contributed by atoms with Gasteiger partial charge in [-0.1, -0.05) is 154 Å². The first kappa shape index (κ1) is 34.8. The maximum absolute atomic E-state index is 3.98. The zero-order valence-electron chi connectivity index (χ0n) is 35.0. The lowest BCUT2D eigenvalue weighted by atomic mass is 9.57. The van der Waals surface area contributed by atoms with Crippen molar-refractivity contribution in [1.82, 2.24) is 4.98 Å². The van der Waals surface area contributed by atoms with Gasteiger partial charge >= 0.3 is 0 Å². The van der Waals surface area contributed by atoms with E-state index in [0.717, 1.165) is 5.52 Å². The van der Waals surface area contributed by atoms with Crippen molar-refractivity contribution in [2.45, 2.75) is 38.5 Å². The normalized spacial score (nSPS) is 15.1. The SMILES string of the molecule is CC1(C)c2ccccc2-c2cc(N3c4cc5c(cc4[B]c4c3cc3c(sc6ccccc63)c4-c3cccc4c3[nH]c3cc6ccccc6cc34)C(C)(C)c3ccccc3-5)ccc21. The fourth-order valence-electron chi connectivity index (χ4n) is 11.8. The van der Waals surface area contributed by atoms with Crippen LogP contribution in [0.1, 0.15) is 49.9 Å². The number of aromatic amines is 1. The van der Waals surface area contributed by atoms with Crippen LogP contribution >= 0.6 is 11.3 Å². The number of nitrogens with one attached hydrogen (secondary N) is 1. The van der Waals surface area contributed by atoms with Crippen molar-refractivity contribution in [1.29, 1.82) is 0 Å². The quantitative estimate of drug-likeness (QED) is 0.172. The van der Waals surface area contributed by atoms with Gasteiger partial charge in [0.1, 0.15) is 0 Å². The summed E-state index contributed by atoms with van der Waals surface area (Å²) in [5.74, 6) is 0. The van der Waals surface area contributed by atoms with Crippen LogP contribution in [0.3, 0.4) is 0 Å². The van der Waals surface area contributed by atoms with Crippen LogP contribution in [-0.2, 0) is 10.8 Å². The predicted molar refractivity (Wildman–Crippen MR) is 266 cm³/mol. The van der Waals surface area contributed by atoms with Gasteiger partial charge in [-0.3, -0.25) is 0 Å². The van der Waals surface area contributed by atoms with Gasteiger partial charge < -0.3 is 9.88 Å². The van der Waals surface area contributed by atoms with E-state index in [1.165, 1.54) is 131 Å². The first-order valence-corrected chi connectivity index (χ1v) is 22.7. The number of H-pyrrole nitrogens is 1. The van der Waals surface area contributed by atoms with Gasteiger partial charge in [0.25, 0.3) is 0 Å². The van der Waals surface area contributed by atoms with Gasteiger partial charge in [0.2, 0.25) is 0 Å². The third-order valence-electron chi connectivity index (χ3n) is 14.8. The van der Waals surface area contributed by atoms with Gasteiger partial charge in [0, 0.05) is 69.9 Å². The van der Waals surface area contributed by atoms with E-state index in [-0.39, 0.29) is 10.8 Å². The highest BCUT2D eigenvalue weighted by atomic mass is 32.1. The highest BCUT2D eigenvalue weighted by Crippen LogP contribution is 2.54. The Morgan fingerprint density at radius 3 is 1.94 bits per heavy atom. The Balaban J connectivity index is 1.10. The van der Waals surface area contributed by atoms with Gasteiger partial charge in [0.05, 0.1) is 5.52 Å². The molecule has 0 amide bonds. The van der Waals surface area contributed by atoms with E-state index in [9.17, 15) is 0 Å². The molecule has 0 unspecified atom stereocenters. The van der Waals surface area contributed by atoms with Crippen LogP contribution in [0.15, 0.2) is 164 Å². The molecule has 0 spiro atoms. The molecule has 0 fully saturated rings. The van der Waals surface area contributed by atoms with Gasteiger partial charge in [-0.25, -0.2) is 0 Å². The zero-order chi connectivity index (χ0) is 41.2. The molecule has 9 aromatic carbocycles. The van der Waals surface area contributed by atoms with Crippen molar-refractivity contribution in [3.63, 3.8) is 0 Å². The lowest BCUT2D eigenvalue weighted by Crippen LogP contribution is -2.41. The summed E-state index contributed by atoms with van der Waals surface area (Å²) in [6.07, 6.45) is 0.